The second-order valence-electron chi connectivity index (χ2n) is 5.40. The summed E-state index contributed by atoms with van der Waals surface area (Å²) in [7, 11) is 0. The summed E-state index contributed by atoms with van der Waals surface area (Å²) in [5.74, 6) is 0.0370. The summed E-state index contributed by atoms with van der Waals surface area (Å²) < 4.78 is 13.0. The molecule has 1 aromatic rings. The van der Waals surface area contributed by atoms with E-state index in [1.807, 2.05) is 18.7 Å². The molecule has 1 saturated heterocycles. The van der Waals surface area contributed by atoms with Gasteiger partial charge in [-0.1, -0.05) is 12.1 Å². The third kappa shape index (κ3) is 3.37. The van der Waals surface area contributed by atoms with Gasteiger partial charge in [-0.05, 0) is 50.9 Å². The number of carbonyl (C=O) groups is 1. The molecule has 1 heterocycles. The first-order valence-electron chi connectivity index (χ1n) is 7.40. The molecule has 2 rings (SSSR count). The summed E-state index contributed by atoms with van der Waals surface area (Å²) >= 11 is 0. The normalized spacial score (nSPS) is 20.4. The summed E-state index contributed by atoms with van der Waals surface area (Å²) in [4.78, 5) is 14.5. The van der Waals surface area contributed by atoms with E-state index in [0.29, 0.717) is 6.54 Å². The smallest absolute Gasteiger partial charge is 0.227 e. The number of piperidine rings is 1. The first kappa shape index (κ1) is 15.0. The monoisotopic (exact) mass is 278 g/mol. The highest BCUT2D eigenvalue weighted by Gasteiger charge is 2.28. The van der Waals surface area contributed by atoms with Gasteiger partial charge < -0.3 is 10.2 Å². The molecule has 2 atom stereocenters. The predicted molar refractivity (Wildman–Crippen MR) is 77.8 cm³/mol. The Balaban J connectivity index is 2.09. The minimum absolute atomic E-state index is 0.0185. The van der Waals surface area contributed by atoms with E-state index in [4.69, 9.17) is 0 Å². The quantitative estimate of drug-likeness (QED) is 0.918. The molecule has 1 N–H and O–H groups in total. The van der Waals surface area contributed by atoms with Crippen molar-refractivity contribution in [3.8, 4) is 0 Å². The molecule has 0 aliphatic carbocycles. The highest BCUT2D eigenvalue weighted by atomic mass is 19.1. The minimum Gasteiger partial charge on any atom is -0.336 e. The van der Waals surface area contributed by atoms with Crippen LogP contribution in [0.2, 0.25) is 0 Å². The fraction of sp³-hybridized carbons (Fsp3) is 0.562. The molecule has 0 spiro atoms. The molecule has 0 radical (unpaired) electrons. The molecular weight excluding hydrogens is 255 g/mol. The van der Waals surface area contributed by atoms with Crippen LogP contribution in [0.1, 0.15) is 38.3 Å². The number of hydrogen-bond acceptors (Lipinski definition) is 2. The van der Waals surface area contributed by atoms with Gasteiger partial charge in [0.25, 0.3) is 0 Å². The molecule has 20 heavy (non-hydrogen) atoms. The van der Waals surface area contributed by atoms with Crippen LogP contribution in [0, 0.1) is 11.7 Å². The van der Waals surface area contributed by atoms with E-state index < -0.39 is 0 Å². The first-order chi connectivity index (χ1) is 9.63. The average Bonchev–Trinajstić information content (AvgIpc) is 2.49. The Kier molecular flexibility index (Phi) is 5.12. The summed E-state index contributed by atoms with van der Waals surface area (Å²) in [6.45, 7) is 6.45. The lowest BCUT2D eigenvalue weighted by Crippen LogP contribution is -2.43. The standard InChI is InChI=1S/C16H23FN2O/c1-3-19(16(20)14-5-4-10-18-11-14)12(2)13-6-8-15(17)9-7-13/h6-9,12,14,18H,3-5,10-11H2,1-2H3/t12?,14-/m0/s1. The predicted octanol–water partition coefficient (Wildman–Crippen LogP) is 2.73. The lowest BCUT2D eigenvalue weighted by molar-refractivity contribution is -0.138. The van der Waals surface area contributed by atoms with Crippen molar-refractivity contribution in [2.24, 2.45) is 5.92 Å². The van der Waals surface area contributed by atoms with Crippen LogP contribution < -0.4 is 5.32 Å². The van der Waals surface area contributed by atoms with Gasteiger partial charge in [-0.15, -0.1) is 0 Å². The van der Waals surface area contributed by atoms with Crippen molar-refractivity contribution in [3.63, 3.8) is 0 Å². The molecule has 1 aliphatic heterocycles. The number of hydrogen-bond donors (Lipinski definition) is 1. The Morgan fingerprint density at radius 2 is 2.15 bits per heavy atom. The molecule has 1 aromatic carbocycles. The molecular formula is C16H23FN2O. The maximum Gasteiger partial charge on any atom is 0.227 e. The molecule has 110 valence electrons. The van der Waals surface area contributed by atoms with Gasteiger partial charge in [-0.3, -0.25) is 4.79 Å². The van der Waals surface area contributed by atoms with Crippen molar-refractivity contribution in [3.05, 3.63) is 35.6 Å². The van der Waals surface area contributed by atoms with Crippen molar-refractivity contribution in [2.75, 3.05) is 19.6 Å². The summed E-state index contributed by atoms with van der Waals surface area (Å²) in [6.07, 6.45) is 2.01. The number of halogens is 1. The third-order valence-electron chi connectivity index (χ3n) is 4.09. The van der Waals surface area contributed by atoms with Gasteiger partial charge in [0, 0.05) is 13.1 Å². The number of amides is 1. The Morgan fingerprint density at radius 3 is 2.70 bits per heavy atom. The van der Waals surface area contributed by atoms with Gasteiger partial charge >= 0.3 is 0 Å². The zero-order valence-electron chi connectivity index (χ0n) is 12.2. The maximum absolute atomic E-state index is 13.0. The maximum atomic E-state index is 13.0. The van der Waals surface area contributed by atoms with E-state index in [0.717, 1.165) is 31.5 Å². The number of rotatable bonds is 4. The Bertz CT molecular complexity index is 440. The molecule has 0 bridgehead atoms. The van der Waals surface area contributed by atoms with Crippen LogP contribution in [0.4, 0.5) is 4.39 Å². The van der Waals surface area contributed by atoms with Crippen LogP contribution in [-0.2, 0) is 4.79 Å². The fourth-order valence-electron chi connectivity index (χ4n) is 2.84. The van der Waals surface area contributed by atoms with Crippen LogP contribution in [0.5, 0.6) is 0 Å². The highest BCUT2D eigenvalue weighted by Crippen LogP contribution is 2.24. The van der Waals surface area contributed by atoms with Gasteiger partial charge in [-0.2, -0.15) is 0 Å². The number of nitrogens with zero attached hydrogens (tertiary/aromatic N) is 1. The van der Waals surface area contributed by atoms with Crippen LogP contribution in [-0.4, -0.2) is 30.4 Å². The molecule has 4 heteroatoms. The van der Waals surface area contributed by atoms with E-state index in [-0.39, 0.29) is 23.7 Å². The molecule has 3 nitrogen and oxygen atoms in total. The fourth-order valence-corrected chi connectivity index (χ4v) is 2.84. The van der Waals surface area contributed by atoms with Gasteiger partial charge in [0.15, 0.2) is 0 Å². The highest BCUT2D eigenvalue weighted by molar-refractivity contribution is 5.79. The van der Waals surface area contributed by atoms with Gasteiger partial charge in [0.05, 0.1) is 12.0 Å². The van der Waals surface area contributed by atoms with Crippen molar-refractivity contribution >= 4 is 5.91 Å². The second-order valence-corrected chi connectivity index (χ2v) is 5.40. The molecule has 0 saturated carbocycles. The van der Waals surface area contributed by atoms with Gasteiger partial charge in [0.1, 0.15) is 5.82 Å². The molecule has 1 unspecified atom stereocenters. The van der Waals surface area contributed by atoms with Crippen molar-refractivity contribution in [1.82, 2.24) is 10.2 Å². The second kappa shape index (κ2) is 6.84. The van der Waals surface area contributed by atoms with Crippen molar-refractivity contribution in [1.29, 1.82) is 0 Å². The molecule has 1 fully saturated rings. The topological polar surface area (TPSA) is 32.3 Å². The van der Waals surface area contributed by atoms with E-state index in [2.05, 4.69) is 5.32 Å². The first-order valence-corrected chi connectivity index (χ1v) is 7.40. The van der Waals surface area contributed by atoms with Gasteiger partial charge in [0.2, 0.25) is 5.91 Å². The Morgan fingerprint density at radius 1 is 1.45 bits per heavy atom. The molecule has 1 aliphatic rings. The summed E-state index contributed by atoms with van der Waals surface area (Å²) in [6, 6.07) is 6.40. The van der Waals surface area contributed by atoms with Crippen LogP contribution >= 0.6 is 0 Å². The number of benzene rings is 1. The summed E-state index contributed by atoms with van der Waals surface area (Å²) in [5.41, 5.74) is 0.977. The number of nitrogens with one attached hydrogen (secondary N) is 1. The van der Waals surface area contributed by atoms with Crippen molar-refractivity contribution < 1.29 is 9.18 Å². The average molecular weight is 278 g/mol. The van der Waals surface area contributed by atoms with Crippen LogP contribution in [0.15, 0.2) is 24.3 Å². The van der Waals surface area contributed by atoms with E-state index in [9.17, 15) is 9.18 Å². The van der Waals surface area contributed by atoms with E-state index >= 15 is 0 Å². The van der Waals surface area contributed by atoms with Crippen LogP contribution in [0.25, 0.3) is 0 Å². The van der Waals surface area contributed by atoms with E-state index in [1.54, 1.807) is 12.1 Å². The largest absolute Gasteiger partial charge is 0.336 e. The SMILES string of the molecule is CCN(C(=O)[C@H]1CCCNC1)C(C)c1ccc(F)cc1. The lowest BCUT2D eigenvalue weighted by Gasteiger charge is -2.33. The van der Waals surface area contributed by atoms with Crippen molar-refractivity contribution in [2.45, 2.75) is 32.7 Å². The minimum atomic E-state index is -0.244. The van der Waals surface area contributed by atoms with E-state index in [1.165, 1.54) is 12.1 Å². The zero-order valence-corrected chi connectivity index (χ0v) is 12.2. The Labute approximate surface area is 120 Å². The lowest BCUT2D eigenvalue weighted by atomic mass is 9.96. The third-order valence-corrected chi connectivity index (χ3v) is 4.09. The molecule has 0 aromatic heterocycles. The van der Waals surface area contributed by atoms with Gasteiger partial charge in [-0.25, -0.2) is 4.39 Å². The molecule has 1 amide bonds. The summed E-state index contributed by atoms with van der Waals surface area (Å²) in [5, 5.41) is 3.28. The number of carbonyl (C=O) groups excluding carboxylic acids is 1. The zero-order chi connectivity index (χ0) is 14.5. The Hall–Kier alpha value is -1.42. The van der Waals surface area contributed by atoms with Crippen LogP contribution in [0.3, 0.4) is 0 Å².